The van der Waals surface area contributed by atoms with Crippen LogP contribution in [0.4, 0.5) is 0 Å². The molecule has 0 aliphatic carbocycles. The van der Waals surface area contributed by atoms with E-state index < -0.39 is 31.3 Å². The third-order valence-electron chi connectivity index (χ3n) is 2.39. The van der Waals surface area contributed by atoms with Crippen LogP contribution in [0.15, 0.2) is 30.3 Å². The van der Waals surface area contributed by atoms with Gasteiger partial charge in [-0.05, 0) is 5.56 Å². The average Bonchev–Trinajstić information content (AvgIpc) is 2.45. The van der Waals surface area contributed by atoms with Gasteiger partial charge in [0, 0.05) is 0 Å². The molecule has 0 fully saturated rings. The second-order valence-electron chi connectivity index (χ2n) is 4.24. The van der Waals surface area contributed by atoms with Crippen molar-refractivity contribution in [1.82, 2.24) is 0 Å². The molecule has 0 saturated heterocycles. The van der Waals surface area contributed by atoms with Gasteiger partial charge in [-0.15, -0.1) is 0 Å². The Hall–Kier alpha value is -1.96. The van der Waals surface area contributed by atoms with Crippen LogP contribution >= 0.6 is 0 Å². The van der Waals surface area contributed by atoms with Crippen molar-refractivity contribution in [3.05, 3.63) is 35.9 Å². The highest BCUT2D eigenvalue weighted by Gasteiger charge is 2.13. The molecule has 2 N–H and O–H groups in total. The largest absolute Gasteiger partial charge is 0.480 e. The number of hydrogen-bond donors (Lipinski definition) is 2. The lowest BCUT2D eigenvalue weighted by Gasteiger charge is -2.16. The number of carbonyl (C=O) groups is 2. The van der Waals surface area contributed by atoms with Crippen molar-refractivity contribution in [3.8, 4) is 0 Å². The Labute approximate surface area is 122 Å². The number of hydrogen-bond acceptors (Lipinski definition) is 5. The van der Waals surface area contributed by atoms with Crippen LogP contribution in [0, 0.1) is 0 Å². The Balaban J connectivity index is 2.32. The van der Waals surface area contributed by atoms with Gasteiger partial charge < -0.3 is 24.4 Å². The molecule has 1 unspecified atom stereocenters. The molecule has 0 radical (unpaired) electrons. The number of carboxylic acid groups (broad SMARTS) is 2. The zero-order valence-electron chi connectivity index (χ0n) is 11.4. The van der Waals surface area contributed by atoms with Crippen molar-refractivity contribution < 1.29 is 34.0 Å². The number of carboxylic acids is 2. The van der Waals surface area contributed by atoms with Crippen LogP contribution < -0.4 is 0 Å². The van der Waals surface area contributed by atoms with Gasteiger partial charge in [-0.2, -0.15) is 0 Å². The van der Waals surface area contributed by atoms with Crippen LogP contribution in [0.25, 0.3) is 0 Å². The summed E-state index contributed by atoms with van der Waals surface area (Å²) in [4.78, 5) is 20.8. The van der Waals surface area contributed by atoms with E-state index in [9.17, 15) is 9.59 Å². The Morgan fingerprint density at radius 1 is 0.952 bits per heavy atom. The van der Waals surface area contributed by atoms with Gasteiger partial charge in [-0.3, -0.25) is 0 Å². The molecule has 0 aliphatic heterocycles. The van der Waals surface area contributed by atoms with E-state index in [2.05, 4.69) is 0 Å². The molecule has 7 heteroatoms. The predicted octanol–water partition coefficient (Wildman–Crippen LogP) is 0.774. The highest BCUT2D eigenvalue weighted by molar-refractivity contribution is 5.68. The maximum Gasteiger partial charge on any atom is 0.329 e. The van der Waals surface area contributed by atoms with Crippen LogP contribution in [0.1, 0.15) is 5.56 Å². The van der Waals surface area contributed by atoms with E-state index in [-0.39, 0.29) is 13.2 Å². The molecule has 1 aromatic rings. The number of aliphatic carboxylic acids is 2. The first-order valence-corrected chi connectivity index (χ1v) is 6.32. The lowest BCUT2D eigenvalue weighted by molar-refractivity contribution is -0.152. The van der Waals surface area contributed by atoms with Gasteiger partial charge in [0.05, 0.1) is 19.8 Å². The molecule has 1 atom stereocenters. The molecule has 0 spiro atoms. The minimum atomic E-state index is -1.11. The Bertz CT molecular complexity index is 432. The summed E-state index contributed by atoms with van der Waals surface area (Å²) in [6, 6.07) is 9.45. The Morgan fingerprint density at radius 3 is 2.19 bits per heavy atom. The zero-order valence-corrected chi connectivity index (χ0v) is 11.4. The van der Waals surface area contributed by atoms with E-state index in [1.807, 2.05) is 30.3 Å². The van der Waals surface area contributed by atoms with Gasteiger partial charge in [-0.25, -0.2) is 9.59 Å². The first-order valence-electron chi connectivity index (χ1n) is 6.32. The van der Waals surface area contributed by atoms with Crippen LogP contribution in [0.2, 0.25) is 0 Å². The van der Waals surface area contributed by atoms with Crippen molar-refractivity contribution in [1.29, 1.82) is 0 Å². The standard InChI is InChI=1S/C14H18O7/c15-13(16)9-20-8-12(21-10-14(17)18)7-19-6-11-4-2-1-3-5-11/h1-5,12H,6-10H2,(H,15,16)(H,17,18). The monoisotopic (exact) mass is 298 g/mol. The van der Waals surface area contributed by atoms with Crippen molar-refractivity contribution in [3.63, 3.8) is 0 Å². The van der Waals surface area contributed by atoms with E-state index in [0.29, 0.717) is 6.61 Å². The van der Waals surface area contributed by atoms with Crippen molar-refractivity contribution in [2.45, 2.75) is 12.7 Å². The highest BCUT2D eigenvalue weighted by Crippen LogP contribution is 2.03. The van der Waals surface area contributed by atoms with Crippen LogP contribution in [0.5, 0.6) is 0 Å². The Kier molecular flexibility index (Phi) is 8.03. The van der Waals surface area contributed by atoms with Crippen molar-refractivity contribution >= 4 is 11.9 Å². The first-order chi connectivity index (χ1) is 10.1. The third kappa shape index (κ3) is 8.74. The predicted molar refractivity (Wildman–Crippen MR) is 71.9 cm³/mol. The van der Waals surface area contributed by atoms with E-state index in [0.717, 1.165) is 5.56 Å². The van der Waals surface area contributed by atoms with Crippen molar-refractivity contribution in [2.75, 3.05) is 26.4 Å². The summed E-state index contributed by atoms with van der Waals surface area (Å²) in [5, 5.41) is 17.1. The SMILES string of the molecule is O=C(O)COCC(COCc1ccccc1)OCC(=O)O. The van der Waals surface area contributed by atoms with E-state index >= 15 is 0 Å². The smallest absolute Gasteiger partial charge is 0.329 e. The number of ether oxygens (including phenoxy) is 3. The molecule has 0 heterocycles. The molecule has 116 valence electrons. The fraction of sp³-hybridized carbons (Fsp3) is 0.429. The van der Waals surface area contributed by atoms with E-state index in [4.69, 9.17) is 24.4 Å². The van der Waals surface area contributed by atoms with Crippen LogP contribution in [0.3, 0.4) is 0 Å². The molecule has 7 nitrogen and oxygen atoms in total. The molecular formula is C14H18O7. The second-order valence-corrected chi connectivity index (χ2v) is 4.24. The van der Waals surface area contributed by atoms with Crippen LogP contribution in [-0.2, 0) is 30.4 Å². The highest BCUT2D eigenvalue weighted by atomic mass is 16.6. The average molecular weight is 298 g/mol. The minimum absolute atomic E-state index is 0.0473. The fourth-order valence-corrected chi connectivity index (χ4v) is 1.49. The van der Waals surface area contributed by atoms with Gasteiger partial charge in [-0.1, -0.05) is 30.3 Å². The molecule has 0 aliphatic rings. The molecule has 0 saturated carbocycles. The molecule has 1 aromatic carbocycles. The lowest BCUT2D eigenvalue weighted by atomic mass is 10.2. The summed E-state index contributed by atoms with van der Waals surface area (Å²) in [6.45, 7) is -0.537. The Morgan fingerprint density at radius 2 is 1.57 bits per heavy atom. The fourth-order valence-electron chi connectivity index (χ4n) is 1.49. The summed E-state index contributed by atoms with van der Waals surface area (Å²) in [5.41, 5.74) is 0.973. The van der Waals surface area contributed by atoms with E-state index in [1.165, 1.54) is 0 Å². The molecule has 1 rings (SSSR count). The summed E-state index contributed by atoms with van der Waals surface area (Å²) in [5.74, 6) is -2.21. The number of rotatable bonds is 11. The number of benzene rings is 1. The van der Waals surface area contributed by atoms with Gasteiger partial charge >= 0.3 is 11.9 Å². The van der Waals surface area contributed by atoms with Gasteiger partial charge in [0.2, 0.25) is 0 Å². The summed E-state index contributed by atoms with van der Waals surface area (Å²) >= 11 is 0. The summed E-state index contributed by atoms with van der Waals surface area (Å²) in [7, 11) is 0. The lowest BCUT2D eigenvalue weighted by Crippen LogP contribution is -2.29. The molecule has 0 aromatic heterocycles. The van der Waals surface area contributed by atoms with Crippen molar-refractivity contribution in [2.24, 2.45) is 0 Å². The summed E-state index contributed by atoms with van der Waals surface area (Å²) in [6.07, 6.45) is -0.635. The first kappa shape index (κ1) is 17.1. The molecule has 0 bridgehead atoms. The molecule has 0 amide bonds. The quantitative estimate of drug-likeness (QED) is 0.622. The summed E-state index contributed by atoms with van der Waals surface area (Å²) < 4.78 is 15.4. The van der Waals surface area contributed by atoms with Gasteiger partial charge in [0.25, 0.3) is 0 Å². The minimum Gasteiger partial charge on any atom is -0.480 e. The van der Waals surface area contributed by atoms with Crippen LogP contribution in [-0.4, -0.2) is 54.7 Å². The van der Waals surface area contributed by atoms with E-state index in [1.54, 1.807) is 0 Å². The third-order valence-corrected chi connectivity index (χ3v) is 2.39. The molecule has 21 heavy (non-hydrogen) atoms. The van der Waals surface area contributed by atoms with Gasteiger partial charge in [0.15, 0.2) is 0 Å². The van der Waals surface area contributed by atoms with Gasteiger partial charge in [0.1, 0.15) is 19.3 Å². The topological polar surface area (TPSA) is 102 Å². The normalized spacial score (nSPS) is 12.0. The zero-order chi connectivity index (χ0) is 15.5. The maximum absolute atomic E-state index is 10.5. The second kappa shape index (κ2) is 9.87. The maximum atomic E-state index is 10.5. The molecular weight excluding hydrogens is 280 g/mol.